The monoisotopic (exact) mass is 735 g/mol. The van der Waals surface area contributed by atoms with Crippen molar-refractivity contribution in [2.45, 2.75) is 109 Å². The van der Waals surface area contributed by atoms with Crippen molar-refractivity contribution >= 4 is 23.4 Å². The zero-order chi connectivity index (χ0) is 37.4. The maximum Gasteiger partial charge on any atom is 0.320 e. The number of ether oxygens (including phenoxy) is 1. The zero-order valence-corrected chi connectivity index (χ0v) is 31.9. The van der Waals surface area contributed by atoms with E-state index in [9.17, 15) is 9.90 Å². The number of rotatable bonds is 10. The van der Waals surface area contributed by atoms with E-state index in [0.717, 1.165) is 91.6 Å². The molecule has 14 heteroatoms. The molecule has 2 amide bonds. The predicted octanol–water partition coefficient (Wildman–Crippen LogP) is 6.02. The summed E-state index contributed by atoms with van der Waals surface area (Å²) in [5.41, 5.74) is 4.31. The molecule has 2 aliphatic heterocycles. The fourth-order valence-electron chi connectivity index (χ4n) is 8.26. The van der Waals surface area contributed by atoms with Crippen LogP contribution in [0.4, 0.5) is 16.6 Å². The van der Waals surface area contributed by atoms with Gasteiger partial charge in [-0.05, 0) is 81.7 Å². The number of aliphatic hydroxyl groups is 1. The van der Waals surface area contributed by atoms with Crippen LogP contribution in [0.2, 0.25) is 0 Å². The highest BCUT2D eigenvalue weighted by atomic mass is 16.5. The molecule has 0 unspecified atom stereocenters. The number of likely N-dealkylation sites (tertiary alicyclic amines) is 1. The molecule has 4 atom stereocenters. The van der Waals surface area contributed by atoms with E-state index in [1.165, 1.54) is 6.42 Å². The van der Waals surface area contributed by atoms with Gasteiger partial charge >= 0.3 is 6.03 Å². The van der Waals surface area contributed by atoms with E-state index in [1.807, 2.05) is 51.8 Å². The van der Waals surface area contributed by atoms with Crippen molar-refractivity contribution in [3.05, 3.63) is 77.9 Å². The van der Waals surface area contributed by atoms with Gasteiger partial charge in [-0.25, -0.2) is 9.48 Å². The first-order chi connectivity index (χ1) is 26.1. The van der Waals surface area contributed by atoms with E-state index < -0.39 is 0 Å². The number of hydrogen-bond donors (Lipinski definition) is 3. The second kappa shape index (κ2) is 15.1. The summed E-state index contributed by atoms with van der Waals surface area (Å²) in [5, 5.41) is 34.6. The van der Waals surface area contributed by atoms with E-state index in [1.54, 1.807) is 10.9 Å². The van der Waals surface area contributed by atoms with Crippen molar-refractivity contribution in [3.63, 3.8) is 0 Å². The number of hydrogen-bond acceptors (Lipinski definition) is 9. The number of nitrogens with zero attached hydrogens (tertiary/aromatic N) is 9. The number of aliphatic hydroxyl groups excluding tert-OH is 1. The molecule has 0 spiro atoms. The van der Waals surface area contributed by atoms with Gasteiger partial charge in [0.1, 0.15) is 23.4 Å². The molecule has 2 saturated heterocycles. The van der Waals surface area contributed by atoms with Gasteiger partial charge in [-0.15, -0.1) is 10.2 Å². The third kappa shape index (κ3) is 7.41. The first-order valence-electron chi connectivity index (χ1n) is 19.6. The Balaban J connectivity index is 0.962. The number of carbonyl (C=O) groups excluding carboxylic acids is 1. The Labute approximate surface area is 316 Å². The quantitative estimate of drug-likeness (QED) is 0.157. The molecule has 0 bridgehead atoms. The van der Waals surface area contributed by atoms with Gasteiger partial charge in [-0.2, -0.15) is 10.2 Å². The summed E-state index contributed by atoms with van der Waals surface area (Å²) in [4.78, 5) is 18.4. The summed E-state index contributed by atoms with van der Waals surface area (Å²) < 4.78 is 12.4. The van der Waals surface area contributed by atoms with Gasteiger partial charge in [0.05, 0.1) is 43.5 Å². The van der Waals surface area contributed by atoms with Crippen LogP contribution in [0.25, 0.3) is 11.3 Å². The average Bonchev–Trinajstić information content (AvgIpc) is 3.98. The number of urea groups is 1. The lowest BCUT2D eigenvalue weighted by Gasteiger charge is -2.33. The van der Waals surface area contributed by atoms with Gasteiger partial charge in [-0.3, -0.25) is 19.3 Å². The minimum atomic E-state index is -0.301. The number of anilines is 2. The Morgan fingerprint density at radius 3 is 2.63 bits per heavy atom. The molecule has 6 heterocycles. The summed E-state index contributed by atoms with van der Waals surface area (Å²) in [6.45, 7) is 12.3. The maximum absolute atomic E-state index is 13.7. The molecule has 5 aromatic rings. The SMILES string of the molecule is C[C@H]1CCCCN1c1nnc2ccc(O[C@@H]3CC[C@H](NC(=O)Nc4cc(C(C)(C)C)nn4-c4cnn(CCN5CCC[C@H]5CO)c4)c4ccccc43)cn12. The summed E-state index contributed by atoms with van der Waals surface area (Å²) >= 11 is 0. The average molecular weight is 736 g/mol. The topological polar surface area (TPSA) is 143 Å². The van der Waals surface area contributed by atoms with Gasteiger partial charge in [0, 0.05) is 36.7 Å². The van der Waals surface area contributed by atoms with E-state index in [0.29, 0.717) is 24.8 Å². The van der Waals surface area contributed by atoms with E-state index in [4.69, 9.17) is 9.84 Å². The second-order valence-corrected chi connectivity index (χ2v) is 16.1. The molecule has 0 saturated carbocycles. The molecule has 54 heavy (non-hydrogen) atoms. The van der Waals surface area contributed by atoms with Crippen molar-refractivity contribution in [2.24, 2.45) is 0 Å². The van der Waals surface area contributed by atoms with Crippen molar-refractivity contribution in [3.8, 4) is 11.4 Å². The van der Waals surface area contributed by atoms with Crippen LogP contribution in [-0.2, 0) is 12.0 Å². The Kier molecular flexibility index (Phi) is 10.1. The van der Waals surface area contributed by atoms with Crippen LogP contribution in [0.1, 0.15) is 102 Å². The van der Waals surface area contributed by atoms with E-state index >= 15 is 0 Å². The minimum Gasteiger partial charge on any atom is -0.484 e. The molecule has 3 N–H and O–H groups in total. The van der Waals surface area contributed by atoms with E-state index in [2.05, 4.69) is 75.6 Å². The lowest BCUT2D eigenvalue weighted by atomic mass is 9.85. The van der Waals surface area contributed by atoms with Crippen LogP contribution >= 0.6 is 0 Å². The molecule has 3 aliphatic rings. The first kappa shape index (κ1) is 36.0. The molecular formula is C40H53N11O3. The number of piperidine rings is 1. The fourth-order valence-corrected chi connectivity index (χ4v) is 8.26. The van der Waals surface area contributed by atoms with Crippen LogP contribution in [0.15, 0.2) is 61.1 Å². The highest BCUT2D eigenvalue weighted by Gasteiger charge is 2.31. The lowest BCUT2D eigenvalue weighted by Crippen LogP contribution is -2.38. The number of carbonyl (C=O) groups is 1. The van der Waals surface area contributed by atoms with E-state index in [-0.39, 0.29) is 36.2 Å². The van der Waals surface area contributed by atoms with Crippen molar-refractivity contribution in [1.82, 2.24) is 44.4 Å². The largest absolute Gasteiger partial charge is 0.484 e. The Morgan fingerprint density at radius 2 is 1.81 bits per heavy atom. The van der Waals surface area contributed by atoms with Crippen molar-refractivity contribution in [2.75, 3.05) is 36.5 Å². The van der Waals surface area contributed by atoms with Gasteiger partial charge in [0.25, 0.3) is 0 Å². The number of pyridine rings is 1. The van der Waals surface area contributed by atoms with Crippen LogP contribution in [0.3, 0.4) is 0 Å². The normalized spacial score (nSPS) is 22.1. The Hall–Kier alpha value is -4.95. The van der Waals surface area contributed by atoms with Gasteiger partial charge in [0.2, 0.25) is 5.95 Å². The van der Waals surface area contributed by atoms with Crippen molar-refractivity contribution < 1.29 is 14.6 Å². The standard InChI is InChI=1S/C40H53N11O3/c1-27-10-7-8-19-49(27)39-45-44-36-17-14-30(25-50(36)39)54-34-16-15-33(31-12-5-6-13-32(31)34)42-38(53)43-37-22-35(40(2,3)4)46-51(37)29-23-41-48(24-29)21-20-47-18-9-11-28(47)26-52/h5-6,12-14,17,22-25,27-28,33-34,52H,7-11,15-16,18-21,26H2,1-4H3,(H2,42,43,53)/t27-,28-,33-,34+/m0/s1. The smallest absolute Gasteiger partial charge is 0.320 e. The predicted molar refractivity (Wildman–Crippen MR) is 207 cm³/mol. The molecule has 4 aromatic heterocycles. The number of fused-ring (bicyclic) bond motifs is 2. The van der Waals surface area contributed by atoms with Crippen LogP contribution in [0.5, 0.6) is 5.75 Å². The molecule has 286 valence electrons. The third-order valence-electron chi connectivity index (χ3n) is 11.3. The summed E-state index contributed by atoms with van der Waals surface area (Å²) in [6.07, 6.45) is 12.7. The van der Waals surface area contributed by atoms with Crippen LogP contribution in [0, 0.1) is 0 Å². The first-order valence-corrected chi connectivity index (χ1v) is 19.6. The number of benzene rings is 1. The molecular weight excluding hydrogens is 683 g/mol. The molecule has 2 fully saturated rings. The van der Waals surface area contributed by atoms with Crippen LogP contribution < -0.4 is 20.3 Å². The summed E-state index contributed by atoms with van der Waals surface area (Å²) in [5.74, 6) is 2.19. The van der Waals surface area contributed by atoms with Gasteiger partial charge < -0.3 is 20.1 Å². The van der Waals surface area contributed by atoms with Gasteiger partial charge in [0.15, 0.2) is 5.65 Å². The molecule has 14 nitrogen and oxygen atoms in total. The third-order valence-corrected chi connectivity index (χ3v) is 11.3. The second-order valence-electron chi connectivity index (χ2n) is 16.1. The number of nitrogens with one attached hydrogen (secondary N) is 2. The maximum atomic E-state index is 13.7. The molecule has 1 aliphatic carbocycles. The van der Waals surface area contributed by atoms with Gasteiger partial charge in [-0.1, -0.05) is 45.0 Å². The summed E-state index contributed by atoms with van der Waals surface area (Å²) in [7, 11) is 0. The number of aromatic nitrogens is 7. The molecule has 0 radical (unpaired) electrons. The minimum absolute atomic E-state index is 0.166. The lowest BCUT2D eigenvalue weighted by molar-refractivity contribution is 0.154. The van der Waals surface area contributed by atoms with Crippen molar-refractivity contribution in [1.29, 1.82) is 0 Å². The fraction of sp³-hybridized carbons (Fsp3) is 0.525. The highest BCUT2D eigenvalue weighted by Crippen LogP contribution is 2.39. The zero-order valence-electron chi connectivity index (χ0n) is 31.9. The number of amides is 2. The Morgan fingerprint density at radius 1 is 0.963 bits per heavy atom. The summed E-state index contributed by atoms with van der Waals surface area (Å²) in [6, 6.07) is 14.2. The van der Waals surface area contributed by atoms with Crippen LogP contribution in [-0.4, -0.2) is 88.5 Å². The highest BCUT2D eigenvalue weighted by molar-refractivity contribution is 5.89. The Bertz CT molecular complexity index is 2080. The molecule has 1 aromatic carbocycles. The molecule has 8 rings (SSSR count).